The summed E-state index contributed by atoms with van der Waals surface area (Å²) in [6.07, 6.45) is 6.15. The van der Waals surface area contributed by atoms with Gasteiger partial charge in [-0.1, -0.05) is 55.0 Å². The Morgan fingerprint density at radius 1 is 0.804 bits per heavy atom. The zero-order chi connectivity index (χ0) is 35.4. The zero-order valence-corrected chi connectivity index (χ0v) is 28.8. The molecule has 4 aromatic rings. The molecule has 0 unspecified atom stereocenters. The monoisotopic (exact) mass is 693 g/mol. The maximum Gasteiger partial charge on any atom is 0.225 e. The lowest BCUT2D eigenvalue weighted by Gasteiger charge is -2.40. The van der Waals surface area contributed by atoms with Crippen LogP contribution in [-0.2, 0) is 25.7 Å². The number of anilines is 4. The summed E-state index contributed by atoms with van der Waals surface area (Å²) in [7, 11) is 0. The van der Waals surface area contributed by atoms with Crippen molar-refractivity contribution in [3.63, 3.8) is 0 Å². The summed E-state index contributed by atoms with van der Waals surface area (Å²) >= 11 is 0. The summed E-state index contributed by atoms with van der Waals surface area (Å²) in [5, 5.41) is 15.4. The molecule has 3 heterocycles. The highest BCUT2D eigenvalue weighted by Crippen LogP contribution is 2.39. The first-order chi connectivity index (χ1) is 24.9. The minimum atomic E-state index is -0.625. The van der Waals surface area contributed by atoms with Gasteiger partial charge in [0.1, 0.15) is 0 Å². The van der Waals surface area contributed by atoms with Crippen LogP contribution in [0.4, 0.5) is 23.0 Å². The second kappa shape index (κ2) is 17.9. The number of rotatable bonds is 14. The predicted molar refractivity (Wildman–Crippen MR) is 197 cm³/mol. The third-order valence-electron chi connectivity index (χ3n) is 9.27. The number of nitrogens with one attached hydrogen (secondary N) is 2. The summed E-state index contributed by atoms with van der Waals surface area (Å²) < 4.78 is 13.2. The number of amides is 2. The molecule has 3 aromatic carbocycles. The lowest BCUT2D eigenvalue weighted by molar-refractivity contribution is -0.253. The molecule has 51 heavy (non-hydrogen) atoms. The highest BCUT2D eigenvalue weighted by molar-refractivity contribution is 5.93. The fourth-order valence-electron chi connectivity index (χ4n) is 6.46. The molecule has 0 spiro atoms. The van der Waals surface area contributed by atoms with E-state index in [-0.39, 0.29) is 30.6 Å². The number of ether oxygens (including phenoxy) is 2. The number of hydrogen-bond acceptors (Lipinski definition) is 10. The van der Waals surface area contributed by atoms with Crippen molar-refractivity contribution in [2.75, 3.05) is 54.0 Å². The van der Waals surface area contributed by atoms with E-state index >= 15 is 0 Å². The lowest BCUT2D eigenvalue weighted by atomic mass is 9.99. The average Bonchev–Trinajstić information content (AvgIpc) is 3.16. The Morgan fingerprint density at radius 3 is 2.25 bits per heavy atom. The summed E-state index contributed by atoms with van der Waals surface area (Å²) in [5.41, 5.74) is 10.4. The number of para-hydroxylation sites is 2. The summed E-state index contributed by atoms with van der Waals surface area (Å²) in [4.78, 5) is 38.6. The molecule has 6 rings (SSSR count). The van der Waals surface area contributed by atoms with Crippen molar-refractivity contribution in [3.05, 3.63) is 108 Å². The number of unbranched alkanes of at least 4 members (excludes halogenated alkanes) is 2. The van der Waals surface area contributed by atoms with Gasteiger partial charge >= 0.3 is 0 Å². The fourth-order valence-corrected chi connectivity index (χ4v) is 6.46. The van der Waals surface area contributed by atoms with E-state index in [9.17, 15) is 14.7 Å². The Hall–Kier alpha value is -4.88. The van der Waals surface area contributed by atoms with Crippen molar-refractivity contribution in [2.45, 2.75) is 63.6 Å². The molecule has 2 saturated heterocycles. The topological polar surface area (TPSA) is 155 Å². The van der Waals surface area contributed by atoms with Crippen LogP contribution in [0.15, 0.2) is 91.3 Å². The van der Waals surface area contributed by atoms with Crippen LogP contribution >= 0.6 is 0 Å². The normalized spacial score (nSPS) is 19.4. The van der Waals surface area contributed by atoms with Gasteiger partial charge in [0.05, 0.1) is 30.2 Å². The van der Waals surface area contributed by atoms with Crippen LogP contribution in [0.5, 0.6) is 0 Å². The zero-order valence-electron chi connectivity index (χ0n) is 28.8. The number of carbonyl (C=O) groups is 2. The van der Waals surface area contributed by atoms with Gasteiger partial charge in [-0.2, -0.15) is 0 Å². The second-order valence-electron chi connectivity index (χ2n) is 13.1. The third-order valence-corrected chi connectivity index (χ3v) is 9.27. The third kappa shape index (κ3) is 10.3. The molecule has 2 aliphatic rings. The van der Waals surface area contributed by atoms with Gasteiger partial charge in [0, 0.05) is 75.6 Å². The van der Waals surface area contributed by atoms with E-state index < -0.39 is 6.29 Å². The Morgan fingerprint density at radius 2 is 1.53 bits per heavy atom. The van der Waals surface area contributed by atoms with Crippen LogP contribution in [0.1, 0.15) is 67.6 Å². The van der Waals surface area contributed by atoms with Crippen molar-refractivity contribution in [1.82, 2.24) is 14.9 Å². The number of nitrogens with two attached hydrogens (primary N) is 1. The number of nitrogen functional groups attached to an aromatic ring is 1. The minimum Gasteiger partial charge on any atom is -0.397 e. The maximum absolute atomic E-state index is 12.9. The summed E-state index contributed by atoms with van der Waals surface area (Å²) in [6, 6.07) is 24.5. The van der Waals surface area contributed by atoms with Crippen LogP contribution < -0.4 is 21.3 Å². The molecule has 3 atom stereocenters. The van der Waals surface area contributed by atoms with Crippen molar-refractivity contribution in [2.24, 2.45) is 0 Å². The number of aromatic nitrogens is 2. The van der Waals surface area contributed by atoms with E-state index in [2.05, 4.69) is 30.4 Å². The molecule has 0 aliphatic carbocycles. The number of nitrogens with zero attached hydrogens (tertiary/aromatic N) is 4. The molecule has 12 heteroatoms. The van der Waals surface area contributed by atoms with Crippen molar-refractivity contribution >= 4 is 34.8 Å². The van der Waals surface area contributed by atoms with E-state index in [0.717, 1.165) is 61.8 Å². The number of piperazine rings is 1. The predicted octanol–water partition coefficient (Wildman–Crippen LogP) is 5.45. The number of benzene rings is 3. The SMILES string of the molecule is Nc1ccccc1NC(=O)CCCCCC(=O)Nc1cccc([C@@H]2O[C@H](CN3CCN(c4ncccn4)CC3)C[C@H](c3ccc(CO)cc3)O2)c1. The summed E-state index contributed by atoms with van der Waals surface area (Å²) in [6.45, 7) is 4.16. The molecule has 1 aromatic heterocycles. The highest BCUT2D eigenvalue weighted by atomic mass is 16.7. The Labute approximate surface area is 299 Å². The fraction of sp³-hybridized carbons (Fsp3) is 0.385. The number of aliphatic hydroxyl groups is 1. The molecular weight excluding hydrogens is 646 g/mol. The lowest BCUT2D eigenvalue weighted by Crippen LogP contribution is -2.50. The quantitative estimate of drug-likeness (QED) is 0.0991. The van der Waals surface area contributed by atoms with E-state index in [4.69, 9.17) is 15.2 Å². The maximum atomic E-state index is 12.9. The van der Waals surface area contributed by atoms with Crippen LogP contribution in [0, 0.1) is 0 Å². The van der Waals surface area contributed by atoms with Gasteiger partial charge < -0.3 is 35.8 Å². The average molecular weight is 694 g/mol. The van der Waals surface area contributed by atoms with Crippen LogP contribution in [0.2, 0.25) is 0 Å². The molecule has 0 radical (unpaired) electrons. The van der Waals surface area contributed by atoms with Gasteiger partial charge in [-0.25, -0.2) is 9.97 Å². The van der Waals surface area contributed by atoms with Gasteiger partial charge in [-0.3, -0.25) is 14.5 Å². The van der Waals surface area contributed by atoms with Gasteiger partial charge in [-0.05, 0) is 54.3 Å². The first-order valence-corrected chi connectivity index (χ1v) is 17.7. The molecular formula is C39H47N7O5. The standard InChI is InChI=1S/C39H47N7O5/c40-33-10-4-5-11-34(33)44-37(49)13-3-1-2-12-36(48)43-31-9-6-8-30(24-31)38-50-32(25-35(51-38)29-16-14-28(27-47)15-17-29)26-45-20-22-46(23-21-45)39-41-18-7-19-42-39/h4-11,14-19,24,32,35,38,47H,1-3,12-13,20-23,25-27,40H2,(H,43,48)(H,44,49)/t32-,35+,38+/m0/s1. The van der Waals surface area contributed by atoms with Crippen molar-refractivity contribution in [1.29, 1.82) is 0 Å². The number of hydrogen-bond donors (Lipinski definition) is 4. The largest absolute Gasteiger partial charge is 0.397 e. The molecule has 5 N–H and O–H groups in total. The molecule has 12 nitrogen and oxygen atoms in total. The highest BCUT2D eigenvalue weighted by Gasteiger charge is 2.34. The van der Waals surface area contributed by atoms with Crippen LogP contribution in [0.3, 0.4) is 0 Å². The van der Waals surface area contributed by atoms with Gasteiger partial charge in [-0.15, -0.1) is 0 Å². The molecule has 0 saturated carbocycles. The molecule has 2 aliphatic heterocycles. The first-order valence-electron chi connectivity index (χ1n) is 17.7. The molecule has 0 bridgehead atoms. The summed E-state index contributed by atoms with van der Waals surface area (Å²) in [5.74, 6) is 0.584. The second-order valence-corrected chi connectivity index (χ2v) is 13.1. The number of aliphatic hydroxyl groups excluding tert-OH is 1. The Bertz CT molecular complexity index is 1720. The molecule has 2 fully saturated rings. The molecule has 2 amide bonds. The number of carbonyl (C=O) groups excluding carboxylic acids is 2. The Balaban J connectivity index is 1.02. The van der Waals surface area contributed by atoms with Gasteiger partial charge in [0.25, 0.3) is 0 Å². The van der Waals surface area contributed by atoms with Gasteiger partial charge in [0.2, 0.25) is 17.8 Å². The minimum absolute atomic E-state index is 0.0134. The first kappa shape index (κ1) is 35.9. The van der Waals surface area contributed by atoms with Crippen LogP contribution in [-0.4, -0.2) is 70.6 Å². The van der Waals surface area contributed by atoms with Crippen molar-refractivity contribution in [3.8, 4) is 0 Å². The smallest absolute Gasteiger partial charge is 0.225 e. The molecule has 268 valence electrons. The van der Waals surface area contributed by atoms with Gasteiger partial charge in [0.15, 0.2) is 6.29 Å². The van der Waals surface area contributed by atoms with E-state index in [1.807, 2.05) is 66.7 Å². The Kier molecular flexibility index (Phi) is 12.6. The van der Waals surface area contributed by atoms with Crippen LogP contribution in [0.25, 0.3) is 0 Å². The van der Waals surface area contributed by atoms with E-state index in [1.165, 1.54) is 0 Å². The van der Waals surface area contributed by atoms with E-state index in [0.29, 0.717) is 49.2 Å². The van der Waals surface area contributed by atoms with Crippen molar-refractivity contribution < 1.29 is 24.2 Å². The van der Waals surface area contributed by atoms with E-state index in [1.54, 1.807) is 24.5 Å².